The molecule has 0 nitrogen and oxygen atoms in total. The van der Waals surface area contributed by atoms with Gasteiger partial charge in [-0.1, -0.05) is 52.5 Å². The van der Waals surface area contributed by atoms with Gasteiger partial charge in [-0.2, -0.15) is 12.1 Å². The Morgan fingerprint density at radius 3 is 1.90 bits per heavy atom. The Bertz CT molecular complexity index is 709. The minimum absolute atomic E-state index is 0. The van der Waals surface area contributed by atoms with Crippen molar-refractivity contribution < 1.29 is 50.7 Å². The van der Waals surface area contributed by atoms with Crippen LogP contribution in [0.25, 0.3) is 10.8 Å². The molecule has 3 aliphatic rings. The summed E-state index contributed by atoms with van der Waals surface area (Å²) in [6, 6.07) is 14.1. The van der Waals surface area contributed by atoms with Crippen molar-refractivity contribution in [1.29, 1.82) is 0 Å². The fourth-order valence-electron chi connectivity index (χ4n) is 5.06. The van der Waals surface area contributed by atoms with Gasteiger partial charge < -0.3 is 24.8 Å². The van der Waals surface area contributed by atoms with Crippen molar-refractivity contribution in [2.75, 3.05) is 0 Å². The van der Waals surface area contributed by atoms with Gasteiger partial charge in [-0.25, -0.2) is 12.2 Å². The number of allylic oxidation sites excluding steroid dienone is 4. The fraction of sp³-hybridized carbons (Fsp3) is 0.500. The van der Waals surface area contributed by atoms with Crippen LogP contribution in [0.4, 0.5) is 0 Å². The third kappa shape index (κ3) is 7.65. The smallest absolute Gasteiger partial charge is 1.00 e. The Hall–Kier alpha value is 0.190. The predicted octanol–water partition coefficient (Wildman–Crippen LogP) is 1.64. The van der Waals surface area contributed by atoms with Crippen molar-refractivity contribution in [3.63, 3.8) is 0 Å². The van der Waals surface area contributed by atoms with E-state index >= 15 is 0 Å². The van der Waals surface area contributed by atoms with E-state index in [-0.39, 0.29) is 58.6 Å². The van der Waals surface area contributed by atoms with Crippen molar-refractivity contribution in [3.8, 4) is 0 Å². The molecule has 30 heavy (non-hydrogen) atoms. The molecule has 0 spiro atoms. The minimum Gasteiger partial charge on any atom is -1.00 e. The molecule has 0 bridgehead atoms. The zero-order valence-electron chi connectivity index (χ0n) is 17.8. The molecule has 160 valence electrons. The summed E-state index contributed by atoms with van der Waals surface area (Å²) in [6.45, 7) is 0. The van der Waals surface area contributed by atoms with Crippen LogP contribution in [0, 0.1) is 6.08 Å². The topological polar surface area (TPSA) is 0 Å². The molecule has 0 heterocycles. The number of halogens is 2. The van der Waals surface area contributed by atoms with E-state index in [2.05, 4.69) is 48.6 Å². The Morgan fingerprint density at radius 1 is 0.833 bits per heavy atom. The van der Waals surface area contributed by atoms with Gasteiger partial charge >= 0.3 is 25.8 Å². The summed E-state index contributed by atoms with van der Waals surface area (Å²) in [6.07, 6.45) is 24.9. The number of fused-ring (bicyclic) bond motifs is 1. The Labute approximate surface area is 216 Å². The third-order valence-corrected chi connectivity index (χ3v) is 9.88. The van der Waals surface area contributed by atoms with Crippen LogP contribution in [-0.4, -0.2) is 11.3 Å². The van der Waals surface area contributed by atoms with E-state index in [0.717, 1.165) is 17.7 Å². The van der Waals surface area contributed by atoms with Crippen LogP contribution in [0.3, 0.4) is 0 Å². The minimum atomic E-state index is 0. The van der Waals surface area contributed by atoms with E-state index < -0.39 is 0 Å². The van der Waals surface area contributed by atoms with Gasteiger partial charge in [-0.15, -0.1) is 46.8 Å². The van der Waals surface area contributed by atoms with Crippen LogP contribution in [0.2, 0.25) is 0 Å². The monoisotopic (exact) mass is 626 g/mol. The van der Waals surface area contributed by atoms with E-state index in [1.54, 1.807) is 5.30 Å². The Balaban J connectivity index is 0.000000499. The molecule has 5 rings (SSSR count). The van der Waals surface area contributed by atoms with Crippen LogP contribution in [0.5, 0.6) is 0 Å². The van der Waals surface area contributed by atoms with Gasteiger partial charge in [0.2, 0.25) is 0 Å². The van der Waals surface area contributed by atoms with Gasteiger partial charge in [0.1, 0.15) is 0 Å². The maximum absolute atomic E-state index is 2.99. The number of rotatable bonds is 3. The van der Waals surface area contributed by atoms with Crippen molar-refractivity contribution in [1.82, 2.24) is 0 Å². The molecule has 0 aromatic heterocycles. The van der Waals surface area contributed by atoms with Crippen LogP contribution < -0.4 is 30.1 Å². The summed E-state index contributed by atoms with van der Waals surface area (Å²) in [4.78, 5) is 0. The largest absolute Gasteiger partial charge is 4.00 e. The number of benzene rings is 1. The molecule has 0 saturated heterocycles. The molecule has 2 fully saturated rings. The molecule has 0 aliphatic heterocycles. The van der Waals surface area contributed by atoms with E-state index in [4.69, 9.17) is 0 Å². The SMILES string of the molecule is [C-]1=CC=CC1.[Cl-].[Cl-].[Hf+4].c1ccc2[cH-]c(P(C3CCCCC3)C3CCCCC3)cc2c1. The molecule has 0 N–H and O–H groups in total. The molecular weight excluding hydrogens is 593 g/mol. The average molecular weight is 626 g/mol. The standard InChI is InChI=1S/C21H28P.C5H5.2ClH.Hf/c1-3-11-19(12-4-1)22(20-13-5-2-6-14-20)21-15-17-9-7-8-10-18(17)16-21;1-2-4-5-3-1;;;/h7-10,15-16,19-20H,1-6,11-14H2;1-3H,4H2;2*1H;/q2*-1;;;+4/p-2. The fourth-order valence-corrected chi connectivity index (χ4v) is 8.92. The first-order chi connectivity index (χ1) is 13.4. The van der Waals surface area contributed by atoms with Crippen molar-refractivity contribution in [2.45, 2.75) is 81.9 Å². The summed E-state index contributed by atoms with van der Waals surface area (Å²) in [5.41, 5.74) is 2.03. The molecule has 2 saturated carbocycles. The van der Waals surface area contributed by atoms with E-state index in [9.17, 15) is 0 Å². The van der Waals surface area contributed by atoms with Gasteiger partial charge in [-0.3, -0.25) is 6.08 Å². The predicted molar refractivity (Wildman–Crippen MR) is 121 cm³/mol. The van der Waals surface area contributed by atoms with Gasteiger partial charge in [-0.05, 0) is 37.0 Å². The van der Waals surface area contributed by atoms with E-state index in [1.807, 2.05) is 12.2 Å². The summed E-state index contributed by atoms with van der Waals surface area (Å²) in [5, 5.41) is 4.67. The van der Waals surface area contributed by atoms with Gasteiger partial charge in [0, 0.05) is 0 Å². The normalized spacial score (nSPS) is 18.8. The zero-order valence-corrected chi connectivity index (χ0v) is 23.8. The summed E-state index contributed by atoms with van der Waals surface area (Å²) in [7, 11) is 0.0611. The molecule has 0 radical (unpaired) electrons. The zero-order chi connectivity index (χ0) is 18.3. The summed E-state index contributed by atoms with van der Waals surface area (Å²) >= 11 is 0. The molecule has 0 amide bonds. The second-order valence-electron chi connectivity index (χ2n) is 8.34. The first-order valence-corrected chi connectivity index (χ1v) is 12.6. The first-order valence-electron chi connectivity index (χ1n) is 11.1. The Morgan fingerprint density at radius 2 is 1.43 bits per heavy atom. The average Bonchev–Trinajstić information content (AvgIpc) is 3.43. The molecule has 2 aromatic rings. The van der Waals surface area contributed by atoms with Crippen LogP contribution in [-0.2, 0) is 25.8 Å². The second kappa shape index (κ2) is 15.1. The van der Waals surface area contributed by atoms with Gasteiger partial charge in [0.25, 0.3) is 0 Å². The molecule has 0 unspecified atom stereocenters. The summed E-state index contributed by atoms with van der Waals surface area (Å²) < 4.78 is 0. The van der Waals surface area contributed by atoms with Crippen LogP contribution >= 0.6 is 7.92 Å². The van der Waals surface area contributed by atoms with Crippen LogP contribution in [0.1, 0.15) is 70.6 Å². The summed E-state index contributed by atoms with van der Waals surface area (Å²) in [5.74, 6) is 0. The van der Waals surface area contributed by atoms with Crippen molar-refractivity contribution in [3.05, 3.63) is 60.7 Å². The van der Waals surface area contributed by atoms with Crippen LogP contribution in [0.15, 0.2) is 54.6 Å². The molecular formula is C26H33Cl2HfP. The maximum atomic E-state index is 2.99. The van der Waals surface area contributed by atoms with Gasteiger partial charge in [0.05, 0.1) is 0 Å². The molecule has 2 aromatic carbocycles. The first kappa shape index (κ1) is 28.2. The number of hydrogen-bond acceptors (Lipinski definition) is 0. The molecule has 3 aliphatic carbocycles. The number of hydrogen-bond donors (Lipinski definition) is 0. The van der Waals surface area contributed by atoms with E-state index in [0.29, 0.717) is 0 Å². The van der Waals surface area contributed by atoms with E-state index in [1.165, 1.54) is 75.0 Å². The van der Waals surface area contributed by atoms with Gasteiger partial charge in [0.15, 0.2) is 0 Å². The molecule has 0 atom stereocenters. The van der Waals surface area contributed by atoms with Crippen molar-refractivity contribution >= 4 is 24.0 Å². The third-order valence-electron chi connectivity index (χ3n) is 6.42. The maximum Gasteiger partial charge on any atom is 4.00 e. The second-order valence-corrected chi connectivity index (χ2v) is 11.1. The van der Waals surface area contributed by atoms with Crippen molar-refractivity contribution in [2.24, 2.45) is 0 Å². The Kier molecular flexibility index (Phi) is 14.2. The molecule has 4 heteroatoms. The quantitative estimate of drug-likeness (QED) is 0.277.